The third-order valence-corrected chi connectivity index (χ3v) is 2.93. The summed E-state index contributed by atoms with van der Waals surface area (Å²) in [6.07, 6.45) is 4.40. The summed E-state index contributed by atoms with van der Waals surface area (Å²) >= 11 is 1.63. The molecule has 1 unspecified atom stereocenters. The van der Waals surface area contributed by atoms with E-state index in [1.54, 1.807) is 11.3 Å². The quantitative estimate of drug-likeness (QED) is 0.762. The molecule has 74 valence electrons. The van der Waals surface area contributed by atoms with Gasteiger partial charge in [-0.1, -0.05) is 30.2 Å². The number of rotatable bonds is 2. The first-order valence-electron chi connectivity index (χ1n) is 4.58. The first kappa shape index (κ1) is 9.97. The van der Waals surface area contributed by atoms with Gasteiger partial charge in [0.1, 0.15) is 6.10 Å². The number of terminal acetylenes is 1. The summed E-state index contributed by atoms with van der Waals surface area (Å²) in [4.78, 5) is 0. The van der Waals surface area contributed by atoms with Crippen LogP contribution in [0, 0.1) is 12.3 Å². The number of hydrogen-bond donors (Lipinski definition) is 1. The molecular formula is C13H10OS. The third-order valence-electron chi connectivity index (χ3n) is 2.25. The fourth-order valence-corrected chi connectivity index (χ4v) is 2.16. The van der Waals surface area contributed by atoms with Crippen LogP contribution in [0.25, 0.3) is 11.1 Å². The second-order valence-corrected chi connectivity index (χ2v) is 3.95. The molecule has 0 aliphatic heterocycles. The van der Waals surface area contributed by atoms with E-state index in [1.807, 2.05) is 41.1 Å². The van der Waals surface area contributed by atoms with Crippen molar-refractivity contribution in [1.29, 1.82) is 0 Å². The van der Waals surface area contributed by atoms with Crippen LogP contribution in [0.2, 0.25) is 0 Å². The van der Waals surface area contributed by atoms with Crippen molar-refractivity contribution >= 4 is 11.3 Å². The van der Waals surface area contributed by atoms with Gasteiger partial charge in [0.2, 0.25) is 0 Å². The monoisotopic (exact) mass is 214 g/mol. The molecule has 2 rings (SSSR count). The molecule has 0 fully saturated rings. The van der Waals surface area contributed by atoms with E-state index < -0.39 is 6.10 Å². The van der Waals surface area contributed by atoms with Crippen LogP contribution in [-0.2, 0) is 0 Å². The summed E-state index contributed by atoms with van der Waals surface area (Å²) in [7, 11) is 0. The third kappa shape index (κ3) is 1.94. The topological polar surface area (TPSA) is 20.2 Å². The van der Waals surface area contributed by atoms with Gasteiger partial charge < -0.3 is 5.11 Å². The maximum Gasteiger partial charge on any atom is 0.140 e. The molecule has 15 heavy (non-hydrogen) atoms. The van der Waals surface area contributed by atoms with Gasteiger partial charge in [0.15, 0.2) is 0 Å². The number of aliphatic hydroxyl groups excluding tert-OH is 1. The van der Waals surface area contributed by atoms with Gasteiger partial charge >= 0.3 is 0 Å². The average Bonchev–Trinajstić information content (AvgIpc) is 2.81. The van der Waals surface area contributed by atoms with Gasteiger partial charge in [-0.25, -0.2) is 0 Å². The van der Waals surface area contributed by atoms with E-state index in [0.717, 1.165) is 16.7 Å². The lowest BCUT2D eigenvalue weighted by Crippen LogP contribution is -1.95. The molecule has 0 radical (unpaired) electrons. The number of thiophene rings is 1. The summed E-state index contributed by atoms with van der Waals surface area (Å²) < 4.78 is 0. The van der Waals surface area contributed by atoms with Crippen molar-refractivity contribution in [2.75, 3.05) is 0 Å². The normalized spacial score (nSPS) is 12.0. The molecule has 0 saturated heterocycles. The molecule has 1 heterocycles. The Kier molecular flexibility index (Phi) is 2.86. The van der Waals surface area contributed by atoms with Crippen molar-refractivity contribution in [2.45, 2.75) is 6.10 Å². The molecule has 1 aromatic heterocycles. The largest absolute Gasteiger partial charge is 0.376 e. The highest BCUT2D eigenvalue weighted by molar-refractivity contribution is 7.08. The van der Waals surface area contributed by atoms with Gasteiger partial charge in [-0.3, -0.25) is 0 Å². The first-order chi connectivity index (χ1) is 7.33. The maximum atomic E-state index is 9.68. The molecule has 2 heteroatoms. The van der Waals surface area contributed by atoms with Crippen molar-refractivity contribution in [3.63, 3.8) is 0 Å². The molecule has 0 saturated carbocycles. The lowest BCUT2D eigenvalue weighted by atomic mass is 9.98. The van der Waals surface area contributed by atoms with E-state index in [4.69, 9.17) is 6.42 Å². The van der Waals surface area contributed by atoms with E-state index in [1.165, 1.54) is 0 Å². The van der Waals surface area contributed by atoms with Gasteiger partial charge in [-0.2, -0.15) is 11.3 Å². The predicted molar refractivity (Wildman–Crippen MR) is 63.5 cm³/mol. The summed E-state index contributed by atoms with van der Waals surface area (Å²) in [5.74, 6) is 2.34. The van der Waals surface area contributed by atoms with Gasteiger partial charge in [-0.05, 0) is 28.0 Å². The molecular weight excluding hydrogens is 204 g/mol. The number of benzene rings is 1. The van der Waals surface area contributed by atoms with Gasteiger partial charge in [0, 0.05) is 5.56 Å². The minimum Gasteiger partial charge on any atom is -0.376 e. The highest BCUT2D eigenvalue weighted by atomic mass is 32.1. The van der Waals surface area contributed by atoms with Crippen LogP contribution in [0.5, 0.6) is 0 Å². The van der Waals surface area contributed by atoms with Crippen LogP contribution in [-0.4, -0.2) is 5.11 Å². The molecule has 1 nitrogen and oxygen atoms in total. The summed E-state index contributed by atoms with van der Waals surface area (Å²) in [5, 5.41) is 13.7. The zero-order valence-corrected chi connectivity index (χ0v) is 8.87. The molecule has 1 aromatic carbocycles. The lowest BCUT2D eigenvalue weighted by Gasteiger charge is -2.09. The van der Waals surface area contributed by atoms with Crippen LogP contribution in [0.1, 0.15) is 11.7 Å². The second kappa shape index (κ2) is 4.31. The summed E-state index contributed by atoms with van der Waals surface area (Å²) in [6, 6.07) is 9.67. The van der Waals surface area contributed by atoms with Crippen LogP contribution < -0.4 is 0 Å². The SMILES string of the molecule is C#CC(O)c1ccccc1-c1ccsc1. The fourth-order valence-electron chi connectivity index (χ4n) is 1.51. The Labute approximate surface area is 93.0 Å². The van der Waals surface area contributed by atoms with Gasteiger partial charge in [-0.15, -0.1) is 6.42 Å². The summed E-state index contributed by atoms with van der Waals surface area (Å²) in [5.41, 5.74) is 2.90. The Bertz CT molecular complexity index is 479. The van der Waals surface area contributed by atoms with Crippen LogP contribution in [0.3, 0.4) is 0 Å². The average molecular weight is 214 g/mol. The Balaban J connectivity index is 2.53. The molecule has 0 amide bonds. The molecule has 0 spiro atoms. The van der Waals surface area contributed by atoms with Crippen molar-refractivity contribution in [3.8, 4) is 23.5 Å². The molecule has 0 aliphatic rings. The zero-order valence-electron chi connectivity index (χ0n) is 8.05. The Hall–Kier alpha value is -1.56. The van der Waals surface area contributed by atoms with E-state index in [-0.39, 0.29) is 0 Å². The van der Waals surface area contributed by atoms with Gasteiger partial charge in [0.05, 0.1) is 0 Å². The number of aliphatic hydroxyl groups is 1. The zero-order chi connectivity index (χ0) is 10.7. The minimum atomic E-state index is -0.832. The Morgan fingerprint density at radius 1 is 1.27 bits per heavy atom. The van der Waals surface area contributed by atoms with E-state index in [0.29, 0.717) is 0 Å². The highest BCUT2D eigenvalue weighted by Gasteiger charge is 2.10. The predicted octanol–water partition coefficient (Wildman–Crippen LogP) is 3.08. The van der Waals surface area contributed by atoms with Crippen LogP contribution >= 0.6 is 11.3 Å². The van der Waals surface area contributed by atoms with E-state index >= 15 is 0 Å². The van der Waals surface area contributed by atoms with Crippen molar-refractivity contribution < 1.29 is 5.11 Å². The van der Waals surface area contributed by atoms with Crippen LogP contribution in [0.15, 0.2) is 41.1 Å². The van der Waals surface area contributed by atoms with Gasteiger partial charge in [0.25, 0.3) is 0 Å². The molecule has 1 N–H and O–H groups in total. The maximum absolute atomic E-state index is 9.68. The Morgan fingerprint density at radius 3 is 2.73 bits per heavy atom. The fraction of sp³-hybridized carbons (Fsp3) is 0.0769. The molecule has 0 bridgehead atoms. The first-order valence-corrected chi connectivity index (χ1v) is 5.53. The highest BCUT2D eigenvalue weighted by Crippen LogP contribution is 2.29. The summed E-state index contributed by atoms with van der Waals surface area (Å²) in [6.45, 7) is 0. The molecule has 1 atom stereocenters. The van der Waals surface area contributed by atoms with Crippen LogP contribution in [0.4, 0.5) is 0 Å². The minimum absolute atomic E-state index is 0.790. The number of hydrogen-bond acceptors (Lipinski definition) is 2. The smallest absolute Gasteiger partial charge is 0.140 e. The second-order valence-electron chi connectivity index (χ2n) is 3.17. The van der Waals surface area contributed by atoms with E-state index in [9.17, 15) is 5.11 Å². The van der Waals surface area contributed by atoms with Crippen molar-refractivity contribution in [1.82, 2.24) is 0 Å². The standard InChI is InChI=1S/C13H10OS/c1-2-13(14)12-6-4-3-5-11(12)10-7-8-15-9-10/h1,3-9,13-14H. The van der Waals surface area contributed by atoms with Crippen molar-refractivity contribution in [2.24, 2.45) is 0 Å². The van der Waals surface area contributed by atoms with E-state index in [2.05, 4.69) is 5.92 Å². The Morgan fingerprint density at radius 2 is 2.07 bits per heavy atom. The lowest BCUT2D eigenvalue weighted by molar-refractivity contribution is 0.239. The molecule has 2 aromatic rings. The van der Waals surface area contributed by atoms with Crippen molar-refractivity contribution in [3.05, 3.63) is 46.7 Å². The molecule has 0 aliphatic carbocycles.